The predicted molar refractivity (Wildman–Crippen MR) is 130 cm³/mol. The van der Waals surface area contributed by atoms with Gasteiger partial charge in [-0.3, -0.25) is 9.59 Å². The van der Waals surface area contributed by atoms with E-state index >= 15 is 0 Å². The van der Waals surface area contributed by atoms with Crippen LogP contribution in [0, 0.1) is 6.92 Å². The van der Waals surface area contributed by atoms with Crippen LogP contribution in [0.3, 0.4) is 0 Å². The molecule has 0 spiro atoms. The number of anilines is 2. The molecule has 0 aliphatic carbocycles. The fraction of sp³-hybridized carbons (Fsp3) is 0.154. The van der Waals surface area contributed by atoms with Crippen molar-refractivity contribution in [3.05, 3.63) is 88.6 Å². The van der Waals surface area contributed by atoms with Crippen LogP contribution in [0.2, 0.25) is 5.02 Å². The maximum absolute atomic E-state index is 13.8. The molecule has 0 aromatic heterocycles. The van der Waals surface area contributed by atoms with Crippen LogP contribution in [0.4, 0.5) is 11.4 Å². The van der Waals surface area contributed by atoms with E-state index in [9.17, 15) is 9.59 Å². The van der Waals surface area contributed by atoms with Crippen LogP contribution in [0.25, 0.3) is 5.57 Å². The summed E-state index contributed by atoms with van der Waals surface area (Å²) in [5.74, 6) is -0.0387. The van der Waals surface area contributed by atoms with Crippen molar-refractivity contribution in [2.45, 2.75) is 13.8 Å². The van der Waals surface area contributed by atoms with Gasteiger partial charge in [0, 0.05) is 16.3 Å². The number of nitrogens with one attached hydrogen (secondary N) is 1. The molecule has 3 aromatic rings. The Morgan fingerprint density at radius 1 is 0.909 bits per heavy atom. The van der Waals surface area contributed by atoms with E-state index in [2.05, 4.69) is 5.32 Å². The van der Waals surface area contributed by atoms with Crippen LogP contribution in [0.15, 0.2) is 72.4 Å². The van der Waals surface area contributed by atoms with Crippen molar-refractivity contribution >= 4 is 40.4 Å². The van der Waals surface area contributed by atoms with Gasteiger partial charge in [0.05, 0.1) is 25.0 Å². The Labute approximate surface area is 197 Å². The number of carbonyl (C=O) groups excluding carboxylic acids is 2. The highest BCUT2D eigenvalue weighted by Gasteiger charge is 2.42. The second kappa shape index (κ2) is 9.38. The fourth-order valence-corrected chi connectivity index (χ4v) is 3.94. The van der Waals surface area contributed by atoms with Crippen LogP contribution in [0.5, 0.6) is 11.5 Å². The second-order valence-electron chi connectivity index (χ2n) is 7.33. The Morgan fingerprint density at radius 3 is 2.33 bits per heavy atom. The van der Waals surface area contributed by atoms with Crippen LogP contribution in [0.1, 0.15) is 18.1 Å². The van der Waals surface area contributed by atoms with Crippen LogP contribution < -0.4 is 19.7 Å². The summed E-state index contributed by atoms with van der Waals surface area (Å²) in [5, 5.41) is 3.72. The number of benzene rings is 3. The molecule has 0 fully saturated rings. The van der Waals surface area contributed by atoms with Gasteiger partial charge in [-0.25, -0.2) is 4.90 Å². The number of amides is 2. The molecule has 0 radical (unpaired) electrons. The molecule has 168 valence electrons. The van der Waals surface area contributed by atoms with E-state index < -0.39 is 11.8 Å². The van der Waals surface area contributed by atoms with Crippen molar-refractivity contribution in [3.63, 3.8) is 0 Å². The van der Waals surface area contributed by atoms with Gasteiger partial charge in [-0.05, 0) is 49.7 Å². The predicted octanol–water partition coefficient (Wildman–Crippen LogP) is 5.45. The first-order chi connectivity index (χ1) is 16.0. The van der Waals surface area contributed by atoms with Gasteiger partial charge in [0.1, 0.15) is 17.2 Å². The third-order valence-electron chi connectivity index (χ3n) is 5.39. The van der Waals surface area contributed by atoms with Crippen molar-refractivity contribution in [2.24, 2.45) is 0 Å². The first-order valence-electron chi connectivity index (χ1n) is 10.5. The minimum absolute atomic E-state index is 0.140. The van der Waals surface area contributed by atoms with E-state index in [1.165, 1.54) is 7.11 Å². The number of para-hydroxylation sites is 3. The van der Waals surface area contributed by atoms with Gasteiger partial charge >= 0.3 is 0 Å². The van der Waals surface area contributed by atoms with E-state index in [0.717, 1.165) is 10.5 Å². The van der Waals surface area contributed by atoms with Gasteiger partial charge in [0.25, 0.3) is 11.8 Å². The zero-order valence-corrected chi connectivity index (χ0v) is 19.3. The molecule has 1 aliphatic rings. The maximum atomic E-state index is 13.8. The SMILES string of the molecule is CCOc1ccccc1N1C(=O)C(Nc2cccc(Cl)c2C)=C(c2ccccc2OC)C1=O. The summed E-state index contributed by atoms with van der Waals surface area (Å²) < 4.78 is 11.2. The molecule has 33 heavy (non-hydrogen) atoms. The minimum Gasteiger partial charge on any atom is -0.496 e. The van der Waals surface area contributed by atoms with E-state index in [1.807, 2.05) is 19.9 Å². The van der Waals surface area contributed by atoms with Crippen LogP contribution >= 0.6 is 11.6 Å². The molecular weight excluding hydrogens is 440 g/mol. The molecule has 0 saturated carbocycles. The second-order valence-corrected chi connectivity index (χ2v) is 7.74. The lowest BCUT2D eigenvalue weighted by Crippen LogP contribution is -2.32. The van der Waals surface area contributed by atoms with Crippen LogP contribution in [-0.4, -0.2) is 25.5 Å². The number of ether oxygens (including phenoxy) is 2. The van der Waals surface area contributed by atoms with Crippen molar-refractivity contribution in [3.8, 4) is 11.5 Å². The first-order valence-corrected chi connectivity index (χ1v) is 10.9. The molecule has 1 heterocycles. The number of hydrogen-bond acceptors (Lipinski definition) is 5. The number of imide groups is 1. The maximum Gasteiger partial charge on any atom is 0.282 e. The van der Waals surface area contributed by atoms with Crippen molar-refractivity contribution in [1.82, 2.24) is 0 Å². The molecule has 1 aliphatic heterocycles. The highest BCUT2D eigenvalue weighted by Crippen LogP contribution is 2.40. The molecule has 2 amide bonds. The van der Waals surface area contributed by atoms with Gasteiger partial charge in [-0.2, -0.15) is 0 Å². The average molecular weight is 463 g/mol. The van der Waals surface area contributed by atoms with Crippen LogP contribution in [-0.2, 0) is 9.59 Å². The zero-order valence-electron chi connectivity index (χ0n) is 18.5. The normalized spacial score (nSPS) is 13.5. The van der Waals surface area contributed by atoms with E-state index in [-0.39, 0.29) is 11.3 Å². The number of rotatable bonds is 7. The van der Waals surface area contributed by atoms with Gasteiger partial charge < -0.3 is 14.8 Å². The molecule has 0 saturated heterocycles. The third-order valence-corrected chi connectivity index (χ3v) is 5.80. The fourth-order valence-electron chi connectivity index (χ4n) is 3.76. The highest BCUT2D eigenvalue weighted by molar-refractivity contribution is 6.46. The van der Waals surface area contributed by atoms with E-state index in [0.29, 0.717) is 40.1 Å². The first kappa shape index (κ1) is 22.4. The summed E-state index contributed by atoms with van der Waals surface area (Å²) in [6, 6.07) is 19.4. The summed E-state index contributed by atoms with van der Waals surface area (Å²) in [6.45, 7) is 4.09. The van der Waals surface area contributed by atoms with E-state index in [1.54, 1.807) is 60.7 Å². The molecular formula is C26H23ClN2O4. The molecule has 0 bridgehead atoms. The topological polar surface area (TPSA) is 67.9 Å². The van der Waals surface area contributed by atoms with E-state index in [4.69, 9.17) is 21.1 Å². The number of hydrogen-bond donors (Lipinski definition) is 1. The molecule has 3 aromatic carbocycles. The molecule has 7 heteroatoms. The van der Waals surface area contributed by atoms with Gasteiger partial charge in [0.15, 0.2) is 0 Å². The number of nitrogens with zero attached hydrogens (tertiary/aromatic N) is 1. The molecule has 6 nitrogen and oxygen atoms in total. The van der Waals surface area contributed by atoms with Crippen molar-refractivity contribution in [1.29, 1.82) is 0 Å². The zero-order chi connectivity index (χ0) is 23.5. The average Bonchev–Trinajstić information content (AvgIpc) is 3.06. The summed E-state index contributed by atoms with van der Waals surface area (Å²) in [5.41, 5.74) is 2.63. The molecule has 0 atom stereocenters. The van der Waals surface area contributed by atoms with Crippen molar-refractivity contribution in [2.75, 3.05) is 23.9 Å². The number of carbonyl (C=O) groups is 2. The summed E-state index contributed by atoms with van der Waals surface area (Å²) in [4.78, 5) is 28.6. The lowest BCUT2D eigenvalue weighted by molar-refractivity contribution is -0.120. The smallest absolute Gasteiger partial charge is 0.282 e. The Bertz CT molecular complexity index is 1270. The monoisotopic (exact) mass is 462 g/mol. The van der Waals surface area contributed by atoms with Gasteiger partial charge in [-0.1, -0.05) is 48.0 Å². The number of halogens is 1. The highest BCUT2D eigenvalue weighted by atomic mass is 35.5. The molecule has 1 N–H and O–H groups in total. The molecule has 0 unspecified atom stereocenters. The quantitative estimate of drug-likeness (QED) is 0.473. The Morgan fingerprint density at radius 2 is 1.61 bits per heavy atom. The standard InChI is InChI=1S/C26H23ClN2O4/c1-4-33-22-15-8-6-13-20(22)29-25(30)23(17-10-5-7-14-21(17)32-3)24(26(29)31)28-19-12-9-11-18(27)16(19)2/h5-15,28H,4H2,1-3H3. The lowest BCUT2D eigenvalue weighted by Gasteiger charge is -2.19. The van der Waals surface area contributed by atoms with Gasteiger partial charge in [0.2, 0.25) is 0 Å². The largest absolute Gasteiger partial charge is 0.496 e. The molecule has 4 rings (SSSR count). The van der Waals surface area contributed by atoms with Gasteiger partial charge in [-0.15, -0.1) is 0 Å². The summed E-state index contributed by atoms with van der Waals surface area (Å²) in [6.07, 6.45) is 0. The summed E-state index contributed by atoms with van der Waals surface area (Å²) >= 11 is 6.29. The Kier molecular flexibility index (Phi) is 6.38. The minimum atomic E-state index is -0.493. The number of methoxy groups -OCH3 is 1. The third kappa shape index (κ3) is 4.05. The Hall–Kier alpha value is -3.77. The Balaban J connectivity index is 1.90. The van der Waals surface area contributed by atoms with Crippen molar-refractivity contribution < 1.29 is 19.1 Å². The summed E-state index contributed by atoms with van der Waals surface area (Å²) in [7, 11) is 1.52. The lowest BCUT2D eigenvalue weighted by atomic mass is 10.0.